The number of unbranched alkanes of at least 4 members (excludes halogenated alkanes) is 1. The van der Waals surface area contributed by atoms with E-state index < -0.39 is 12.0 Å². The smallest absolute Gasteiger partial charge is 0.325 e. The number of hydrogen-bond acceptors (Lipinski definition) is 6. The lowest BCUT2D eigenvalue weighted by Gasteiger charge is -2.42. The Kier molecular flexibility index (Phi) is 7.37. The van der Waals surface area contributed by atoms with E-state index in [0.29, 0.717) is 13.2 Å². The molecular weight excluding hydrogens is 442 g/mol. The van der Waals surface area contributed by atoms with E-state index in [-0.39, 0.29) is 24.4 Å². The van der Waals surface area contributed by atoms with Crippen molar-refractivity contribution in [3.05, 3.63) is 58.8 Å². The zero-order chi connectivity index (χ0) is 24.4. The van der Waals surface area contributed by atoms with E-state index >= 15 is 0 Å². The number of aromatic nitrogens is 1. The van der Waals surface area contributed by atoms with Gasteiger partial charge in [-0.3, -0.25) is 9.69 Å². The molecule has 1 aromatic heterocycles. The Labute approximate surface area is 207 Å². The summed E-state index contributed by atoms with van der Waals surface area (Å²) in [5.74, 6) is 0.248. The maximum atomic E-state index is 12.3. The first-order valence-corrected chi connectivity index (χ1v) is 13.1. The highest BCUT2D eigenvalue weighted by atomic mass is 16.5. The summed E-state index contributed by atoms with van der Waals surface area (Å²) >= 11 is 0. The number of nitrogens with zero attached hydrogens (tertiary/aromatic N) is 2. The number of hydrogen-bond donors (Lipinski definition) is 2. The highest BCUT2D eigenvalue weighted by Crippen LogP contribution is 2.46. The third-order valence-electron chi connectivity index (χ3n) is 7.41. The van der Waals surface area contributed by atoms with Crippen LogP contribution in [0, 0.1) is 0 Å². The Bertz CT molecular complexity index is 1040. The van der Waals surface area contributed by atoms with Crippen LogP contribution in [0.3, 0.4) is 0 Å². The summed E-state index contributed by atoms with van der Waals surface area (Å²) in [6.45, 7) is 6.37. The van der Waals surface area contributed by atoms with Crippen LogP contribution < -0.4 is 5.32 Å². The Balaban J connectivity index is 1.17. The first-order chi connectivity index (χ1) is 17.0. The number of carboxylic acids is 1. The summed E-state index contributed by atoms with van der Waals surface area (Å²) in [5.41, 5.74) is 4.30. The van der Waals surface area contributed by atoms with E-state index in [2.05, 4.69) is 22.3 Å². The largest absolute Gasteiger partial charge is 0.480 e. The predicted molar refractivity (Wildman–Crippen MR) is 135 cm³/mol. The lowest BCUT2D eigenvalue weighted by Crippen LogP contribution is -2.46. The van der Waals surface area contributed by atoms with Gasteiger partial charge in [-0.2, -0.15) is 0 Å². The normalized spacial score (nSPS) is 25.6. The van der Waals surface area contributed by atoms with Gasteiger partial charge in [0.15, 0.2) is 0 Å². The number of aryl methyl sites for hydroxylation is 2. The molecule has 5 rings (SSSR count). The van der Waals surface area contributed by atoms with Gasteiger partial charge in [0.25, 0.3) is 0 Å². The van der Waals surface area contributed by atoms with Crippen molar-refractivity contribution in [2.24, 2.45) is 0 Å². The molecule has 1 saturated heterocycles. The summed E-state index contributed by atoms with van der Waals surface area (Å²) in [4.78, 5) is 19.2. The van der Waals surface area contributed by atoms with Crippen molar-refractivity contribution in [3.8, 4) is 0 Å². The number of anilines is 1. The maximum Gasteiger partial charge on any atom is 0.325 e. The molecule has 0 spiro atoms. The van der Waals surface area contributed by atoms with Crippen LogP contribution >= 0.6 is 0 Å². The lowest BCUT2D eigenvalue weighted by atomic mass is 9.86. The van der Waals surface area contributed by atoms with Crippen LogP contribution in [0.15, 0.2) is 36.4 Å². The van der Waals surface area contributed by atoms with Gasteiger partial charge in [0, 0.05) is 31.4 Å². The average molecular weight is 480 g/mol. The van der Waals surface area contributed by atoms with Crippen molar-refractivity contribution in [2.75, 3.05) is 25.0 Å². The quantitative estimate of drug-likeness (QED) is 0.511. The monoisotopic (exact) mass is 479 g/mol. The molecule has 7 heteroatoms. The minimum absolute atomic E-state index is 0.00518. The van der Waals surface area contributed by atoms with Crippen molar-refractivity contribution < 1.29 is 19.4 Å². The zero-order valence-electron chi connectivity index (χ0n) is 20.8. The van der Waals surface area contributed by atoms with Crippen molar-refractivity contribution in [1.82, 2.24) is 9.88 Å². The predicted octanol–water partition coefficient (Wildman–Crippen LogP) is 4.53. The third-order valence-corrected chi connectivity index (χ3v) is 7.41. The number of carboxylic acid groups (broad SMARTS) is 1. The summed E-state index contributed by atoms with van der Waals surface area (Å²) in [6.07, 6.45) is 5.93. The fourth-order valence-electron chi connectivity index (χ4n) is 5.87. The molecular formula is C28H37N3O4. The fourth-order valence-corrected chi connectivity index (χ4v) is 5.87. The molecule has 2 aromatic rings. The maximum absolute atomic E-state index is 12.3. The fraction of sp³-hybridized carbons (Fsp3) is 0.571. The molecule has 3 aliphatic rings. The van der Waals surface area contributed by atoms with Gasteiger partial charge in [-0.25, -0.2) is 4.98 Å². The molecule has 2 N–H and O–H groups in total. The van der Waals surface area contributed by atoms with Gasteiger partial charge in [-0.15, -0.1) is 0 Å². The summed E-state index contributed by atoms with van der Waals surface area (Å²) in [5, 5.41) is 13.5. The molecule has 0 saturated carbocycles. The average Bonchev–Trinajstić information content (AvgIpc) is 3.26. The van der Waals surface area contributed by atoms with Crippen LogP contribution in [0.2, 0.25) is 0 Å². The summed E-state index contributed by atoms with van der Waals surface area (Å²) < 4.78 is 12.6. The van der Waals surface area contributed by atoms with Crippen LogP contribution in [-0.2, 0) is 27.1 Å². The SMILES string of the molecule is CC(C)O[C@@H]1c2ccccc2C(C(=O)O)N2C[C@H](OCCCCc3ccc4c(n3)NCCC4)CC12. The first-order valence-electron chi connectivity index (χ1n) is 13.1. The minimum Gasteiger partial charge on any atom is -0.480 e. The summed E-state index contributed by atoms with van der Waals surface area (Å²) in [7, 11) is 0. The second kappa shape index (κ2) is 10.6. The van der Waals surface area contributed by atoms with Crippen LogP contribution in [0.25, 0.3) is 0 Å². The van der Waals surface area contributed by atoms with E-state index in [9.17, 15) is 9.90 Å². The van der Waals surface area contributed by atoms with Gasteiger partial charge < -0.3 is 19.9 Å². The number of rotatable bonds is 9. The lowest BCUT2D eigenvalue weighted by molar-refractivity contribution is -0.147. The molecule has 4 atom stereocenters. The van der Waals surface area contributed by atoms with Crippen LogP contribution in [-0.4, -0.2) is 58.9 Å². The Morgan fingerprint density at radius 2 is 2.03 bits per heavy atom. The first kappa shape index (κ1) is 24.2. The molecule has 0 bridgehead atoms. The van der Waals surface area contributed by atoms with Gasteiger partial charge >= 0.3 is 5.97 Å². The molecule has 7 nitrogen and oxygen atoms in total. The van der Waals surface area contributed by atoms with Gasteiger partial charge in [-0.05, 0) is 75.1 Å². The molecule has 35 heavy (non-hydrogen) atoms. The van der Waals surface area contributed by atoms with Gasteiger partial charge in [0.1, 0.15) is 11.9 Å². The molecule has 1 aromatic carbocycles. The molecule has 0 aliphatic carbocycles. The molecule has 3 aliphatic heterocycles. The molecule has 2 unspecified atom stereocenters. The second-order valence-electron chi connectivity index (χ2n) is 10.3. The van der Waals surface area contributed by atoms with Crippen molar-refractivity contribution in [2.45, 2.75) is 82.8 Å². The number of pyridine rings is 1. The number of ether oxygens (including phenoxy) is 2. The number of fused-ring (bicyclic) bond motifs is 3. The minimum atomic E-state index is -0.807. The van der Waals surface area contributed by atoms with Crippen molar-refractivity contribution >= 4 is 11.8 Å². The molecule has 0 radical (unpaired) electrons. The van der Waals surface area contributed by atoms with Crippen molar-refractivity contribution in [3.63, 3.8) is 0 Å². The van der Waals surface area contributed by atoms with Crippen LogP contribution in [0.4, 0.5) is 5.82 Å². The van der Waals surface area contributed by atoms with Gasteiger partial charge in [0.05, 0.1) is 18.3 Å². The topological polar surface area (TPSA) is 83.9 Å². The van der Waals surface area contributed by atoms with Gasteiger partial charge in [-0.1, -0.05) is 30.3 Å². The highest BCUT2D eigenvalue weighted by molar-refractivity contribution is 5.77. The second-order valence-corrected chi connectivity index (χ2v) is 10.3. The molecule has 188 valence electrons. The Morgan fingerprint density at radius 1 is 1.20 bits per heavy atom. The Hall–Kier alpha value is -2.48. The van der Waals surface area contributed by atoms with E-state index in [1.165, 1.54) is 12.0 Å². The molecule has 4 heterocycles. The van der Waals surface area contributed by atoms with E-state index in [0.717, 1.165) is 61.3 Å². The molecule has 0 amide bonds. The summed E-state index contributed by atoms with van der Waals surface area (Å²) in [6, 6.07) is 11.6. The Morgan fingerprint density at radius 3 is 2.83 bits per heavy atom. The van der Waals surface area contributed by atoms with E-state index in [1.54, 1.807) is 0 Å². The highest BCUT2D eigenvalue weighted by Gasteiger charge is 2.49. The molecule has 1 fully saturated rings. The number of carbonyl (C=O) groups is 1. The van der Waals surface area contributed by atoms with Gasteiger partial charge in [0.2, 0.25) is 0 Å². The zero-order valence-corrected chi connectivity index (χ0v) is 20.8. The van der Waals surface area contributed by atoms with E-state index in [1.807, 2.05) is 38.1 Å². The van der Waals surface area contributed by atoms with Crippen LogP contribution in [0.5, 0.6) is 0 Å². The van der Waals surface area contributed by atoms with Crippen LogP contribution in [0.1, 0.15) is 74.1 Å². The van der Waals surface area contributed by atoms with Crippen molar-refractivity contribution in [1.29, 1.82) is 0 Å². The number of nitrogens with one attached hydrogen (secondary N) is 1. The van der Waals surface area contributed by atoms with E-state index in [4.69, 9.17) is 14.5 Å². The third kappa shape index (κ3) is 5.22. The standard InChI is InChI=1S/C28H37N3O4/c1-18(2)35-26-23-11-4-3-10-22(23)25(28(32)33)31-17-21(16-24(26)31)34-15-6-5-9-20-13-12-19-8-7-14-29-27(19)30-20/h3-4,10-13,18,21,24-26H,5-9,14-17H2,1-2H3,(H,29,30)(H,32,33)/t21-,24?,25?,26-/m1/s1. The number of aliphatic carboxylic acids is 1. The number of benzene rings is 1.